The maximum Gasteiger partial charge on any atom is 0.253 e. The largest absolute Gasteiger partial charge is 0.381 e. The zero-order chi connectivity index (χ0) is 19.2. The van der Waals surface area contributed by atoms with Crippen LogP contribution in [0.15, 0.2) is 24.3 Å². The Morgan fingerprint density at radius 1 is 1.11 bits per heavy atom. The lowest BCUT2D eigenvalue weighted by molar-refractivity contribution is 0.000901. The molecule has 0 N–H and O–H groups in total. The third kappa shape index (κ3) is 5.52. The van der Waals surface area contributed by atoms with Crippen molar-refractivity contribution in [2.75, 3.05) is 32.8 Å². The molecule has 1 aromatic rings. The molecule has 2 aliphatic rings. The Balaban J connectivity index is 1.58. The van der Waals surface area contributed by atoms with E-state index in [9.17, 15) is 9.18 Å². The van der Waals surface area contributed by atoms with Gasteiger partial charge >= 0.3 is 0 Å². The lowest BCUT2D eigenvalue weighted by atomic mass is 9.96. The summed E-state index contributed by atoms with van der Waals surface area (Å²) in [5, 5.41) is 0. The minimum Gasteiger partial charge on any atom is -0.381 e. The van der Waals surface area contributed by atoms with Crippen molar-refractivity contribution in [3.8, 4) is 0 Å². The van der Waals surface area contributed by atoms with Gasteiger partial charge in [0.15, 0.2) is 0 Å². The second-order valence-electron chi connectivity index (χ2n) is 8.29. The van der Waals surface area contributed by atoms with Crippen LogP contribution in [0.2, 0.25) is 0 Å². The van der Waals surface area contributed by atoms with Crippen LogP contribution in [0.3, 0.4) is 0 Å². The van der Waals surface area contributed by atoms with Gasteiger partial charge in [0, 0.05) is 44.0 Å². The van der Waals surface area contributed by atoms with Crippen LogP contribution in [0.5, 0.6) is 0 Å². The van der Waals surface area contributed by atoms with Crippen LogP contribution < -0.4 is 0 Å². The van der Waals surface area contributed by atoms with Gasteiger partial charge in [-0.2, -0.15) is 0 Å². The summed E-state index contributed by atoms with van der Waals surface area (Å²) in [5.41, 5.74) is 0.580. The second-order valence-corrected chi connectivity index (χ2v) is 8.29. The summed E-state index contributed by atoms with van der Waals surface area (Å²) in [6.45, 7) is 9.00. The maximum atomic E-state index is 13.1. The van der Waals surface area contributed by atoms with E-state index in [2.05, 4.69) is 18.7 Å². The predicted octanol–water partition coefficient (Wildman–Crippen LogP) is 3.96. The number of nitrogens with zero attached hydrogens (tertiary/aromatic N) is 2. The molecule has 5 heteroatoms. The fourth-order valence-corrected chi connectivity index (χ4v) is 4.26. The number of hydrogen-bond donors (Lipinski definition) is 0. The minimum absolute atomic E-state index is 0.0215. The van der Waals surface area contributed by atoms with Crippen LogP contribution in [0.1, 0.15) is 56.3 Å². The Labute approximate surface area is 162 Å². The first-order valence-electron chi connectivity index (χ1n) is 10.4. The Bertz CT molecular complexity index is 591. The van der Waals surface area contributed by atoms with Crippen molar-refractivity contribution in [3.05, 3.63) is 35.6 Å². The van der Waals surface area contributed by atoms with E-state index >= 15 is 0 Å². The normalized spacial score (nSPS) is 19.8. The van der Waals surface area contributed by atoms with Gasteiger partial charge in [0.05, 0.1) is 0 Å². The molecule has 0 unspecified atom stereocenters. The Morgan fingerprint density at radius 3 is 2.30 bits per heavy atom. The maximum absolute atomic E-state index is 13.1. The number of carbonyl (C=O) groups excluding carboxylic acids is 1. The van der Waals surface area contributed by atoms with Crippen molar-refractivity contribution < 1.29 is 13.9 Å². The van der Waals surface area contributed by atoms with Crippen molar-refractivity contribution in [3.63, 3.8) is 0 Å². The zero-order valence-corrected chi connectivity index (χ0v) is 16.7. The highest BCUT2D eigenvalue weighted by atomic mass is 19.1. The first kappa shape index (κ1) is 20.3. The van der Waals surface area contributed by atoms with Crippen molar-refractivity contribution in [1.29, 1.82) is 0 Å². The highest BCUT2D eigenvalue weighted by Gasteiger charge is 2.32. The first-order chi connectivity index (χ1) is 13.0. The number of halogens is 1. The summed E-state index contributed by atoms with van der Waals surface area (Å²) in [5.74, 6) is 0.420. The summed E-state index contributed by atoms with van der Waals surface area (Å²) in [4.78, 5) is 17.3. The lowest BCUT2D eigenvalue weighted by Gasteiger charge is -2.44. The smallest absolute Gasteiger partial charge is 0.253 e. The van der Waals surface area contributed by atoms with Gasteiger partial charge in [-0.15, -0.1) is 0 Å². The topological polar surface area (TPSA) is 32.8 Å². The van der Waals surface area contributed by atoms with E-state index in [-0.39, 0.29) is 11.7 Å². The van der Waals surface area contributed by atoms with Crippen LogP contribution in [0, 0.1) is 11.7 Å². The molecule has 2 fully saturated rings. The van der Waals surface area contributed by atoms with E-state index in [1.807, 2.05) is 4.90 Å². The number of ether oxygens (including phenoxy) is 1. The van der Waals surface area contributed by atoms with Crippen molar-refractivity contribution in [1.82, 2.24) is 9.80 Å². The van der Waals surface area contributed by atoms with Crippen LogP contribution in [0.25, 0.3) is 0 Å². The summed E-state index contributed by atoms with van der Waals surface area (Å²) in [6.07, 6.45) is 5.48. The molecule has 2 heterocycles. The second kappa shape index (κ2) is 9.65. The summed E-state index contributed by atoms with van der Waals surface area (Å²) in [6, 6.07) is 7.05. The summed E-state index contributed by atoms with van der Waals surface area (Å²) >= 11 is 0. The fourth-order valence-electron chi connectivity index (χ4n) is 4.26. The number of piperidine rings is 1. The average Bonchev–Trinajstić information content (AvgIpc) is 2.69. The van der Waals surface area contributed by atoms with Crippen LogP contribution in [-0.2, 0) is 4.74 Å². The van der Waals surface area contributed by atoms with Crippen LogP contribution in [-0.4, -0.2) is 60.6 Å². The van der Waals surface area contributed by atoms with Gasteiger partial charge in [-0.05, 0) is 68.8 Å². The molecule has 0 aromatic heterocycles. The molecule has 3 rings (SSSR count). The van der Waals surface area contributed by atoms with Gasteiger partial charge in [0.1, 0.15) is 5.82 Å². The molecule has 150 valence electrons. The van der Waals surface area contributed by atoms with E-state index in [0.29, 0.717) is 23.6 Å². The molecule has 27 heavy (non-hydrogen) atoms. The molecule has 4 nitrogen and oxygen atoms in total. The first-order valence-corrected chi connectivity index (χ1v) is 10.4. The fraction of sp³-hybridized carbons (Fsp3) is 0.682. The Morgan fingerprint density at radius 2 is 1.70 bits per heavy atom. The molecule has 2 aliphatic heterocycles. The molecule has 0 aliphatic carbocycles. The Kier molecular flexibility index (Phi) is 7.25. The van der Waals surface area contributed by atoms with Crippen molar-refractivity contribution >= 4 is 5.91 Å². The number of rotatable bonds is 6. The number of likely N-dealkylation sites (tertiary alicyclic amines) is 1. The highest BCUT2D eigenvalue weighted by Crippen LogP contribution is 2.25. The molecule has 0 atom stereocenters. The van der Waals surface area contributed by atoms with Gasteiger partial charge < -0.3 is 9.64 Å². The summed E-state index contributed by atoms with van der Waals surface area (Å²) < 4.78 is 18.7. The summed E-state index contributed by atoms with van der Waals surface area (Å²) in [7, 11) is 0. The monoisotopic (exact) mass is 376 g/mol. The zero-order valence-electron chi connectivity index (χ0n) is 16.7. The van der Waals surface area contributed by atoms with E-state index in [1.165, 1.54) is 18.6 Å². The molecule has 1 aromatic carbocycles. The minimum atomic E-state index is -0.303. The van der Waals surface area contributed by atoms with E-state index in [1.54, 1.807) is 12.1 Å². The van der Waals surface area contributed by atoms with Crippen molar-refractivity contribution in [2.24, 2.45) is 5.92 Å². The van der Waals surface area contributed by atoms with E-state index < -0.39 is 0 Å². The van der Waals surface area contributed by atoms with Gasteiger partial charge in [-0.25, -0.2) is 4.39 Å². The predicted molar refractivity (Wildman–Crippen MR) is 105 cm³/mol. The average molecular weight is 377 g/mol. The number of benzene rings is 1. The van der Waals surface area contributed by atoms with E-state index in [0.717, 1.165) is 58.5 Å². The number of carbonyl (C=O) groups is 1. The third-order valence-electron chi connectivity index (χ3n) is 5.94. The van der Waals surface area contributed by atoms with Crippen LogP contribution >= 0.6 is 0 Å². The lowest BCUT2D eigenvalue weighted by Crippen LogP contribution is -2.51. The van der Waals surface area contributed by atoms with Gasteiger partial charge in [-0.1, -0.05) is 13.8 Å². The third-order valence-corrected chi connectivity index (χ3v) is 5.94. The molecule has 0 radical (unpaired) electrons. The molecule has 1 amide bonds. The molecule has 0 bridgehead atoms. The molecule has 0 spiro atoms. The van der Waals surface area contributed by atoms with Gasteiger partial charge in [0.2, 0.25) is 0 Å². The quantitative estimate of drug-likeness (QED) is 0.753. The standard InChI is InChI=1S/C22H33FN2O2/c1-17(2)7-14-25(21-10-15-27-16-11-21)20-8-12-24(13-9-20)22(26)18-3-5-19(23)6-4-18/h3-6,17,20-21H,7-16H2,1-2H3. The van der Waals surface area contributed by atoms with Gasteiger partial charge in [0.25, 0.3) is 5.91 Å². The molecule has 0 saturated carbocycles. The number of amides is 1. The van der Waals surface area contributed by atoms with Gasteiger partial charge in [-0.3, -0.25) is 9.69 Å². The van der Waals surface area contributed by atoms with E-state index in [4.69, 9.17) is 4.74 Å². The highest BCUT2D eigenvalue weighted by molar-refractivity contribution is 5.94. The molecule has 2 saturated heterocycles. The number of hydrogen-bond acceptors (Lipinski definition) is 3. The van der Waals surface area contributed by atoms with Crippen LogP contribution in [0.4, 0.5) is 4.39 Å². The Hall–Kier alpha value is -1.46. The molecular weight excluding hydrogens is 343 g/mol. The van der Waals surface area contributed by atoms with Crippen molar-refractivity contribution in [2.45, 2.75) is 58.0 Å². The SMILES string of the molecule is CC(C)CCN(C1CCOCC1)C1CCN(C(=O)c2ccc(F)cc2)CC1. The molecular formula is C22H33FN2O2.